The first-order chi connectivity index (χ1) is 9.97. The van der Waals surface area contributed by atoms with E-state index in [0.717, 1.165) is 10.0 Å². The molecular formula is C14H11BrN2O4. The Balaban J connectivity index is 2.19. The number of carboxylic acids is 1. The second-order valence-corrected chi connectivity index (χ2v) is 5.19. The van der Waals surface area contributed by atoms with Gasteiger partial charge in [-0.25, -0.2) is 4.79 Å². The van der Waals surface area contributed by atoms with Crippen LogP contribution in [0.4, 0.5) is 11.4 Å². The third-order valence-electron chi connectivity index (χ3n) is 2.81. The summed E-state index contributed by atoms with van der Waals surface area (Å²) in [5, 5.41) is 22.8. The molecule has 0 atom stereocenters. The van der Waals surface area contributed by atoms with Crippen LogP contribution in [0.25, 0.3) is 0 Å². The molecule has 108 valence electrons. The summed E-state index contributed by atoms with van der Waals surface area (Å²) in [5.74, 6) is -1.33. The Bertz CT molecular complexity index is 703. The number of carboxylic acid groups (broad SMARTS) is 1. The molecule has 21 heavy (non-hydrogen) atoms. The van der Waals surface area contributed by atoms with E-state index in [1.807, 2.05) is 24.3 Å². The van der Waals surface area contributed by atoms with Crippen molar-refractivity contribution >= 4 is 33.3 Å². The van der Waals surface area contributed by atoms with Gasteiger partial charge in [0.1, 0.15) is 5.56 Å². The summed E-state index contributed by atoms with van der Waals surface area (Å²) >= 11 is 3.36. The van der Waals surface area contributed by atoms with Gasteiger partial charge in [-0.05, 0) is 29.8 Å². The van der Waals surface area contributed by atoms with Crippen LogP contribution in [0.5, 0.6) is 0 Å². The number of nitro groups is 1. The molecule has 0 amide bonds. The molecule has 0 radical (unpaired) electrons. The van der Waals surface area contributed by atoms with Gasteiger partial charge < -0.3 is 10.4 Å². The predicted molar refractivity (Wildman–Crippen MR) is 81.5 cm³/mol. The molecule has 0 aromatic heterocycles. The highest BCUT2D eigenvalue weighted by Gasteiger charge is 2.19. The van der Waals surface area contributed by atoms with Crippen LogP contribution in [0.2, 0.25) is 0 Å². The van der Waals surface area contributed by atoms with Crippen LogP contribution < -0.4 is 5.32 Å². The molecule has 0 unspecified atom stereocenters. The van der Waals surface area contributed by atoms with Gasteiger partial charge in [-0.2, -0.15) is 0 Å². The number of rotatable bonds is 5. The van der Waals surface area contributed by atoms with Crippen molar-refractivity contribution in [1.29, 1.82) is 0 Å². The van der Waals surface area contributed by atoms with Crippen LogP contribution in [0.15, 0.2) is 46.9 Å². The fraction of sp³-hybridized carbons (Fsp3) is 0.0714. The molecule has 0 spiro atoms. The van der Waals surface area contributed by atoms with Gasteiger partial charge in [0.05, 0.1) is 4.92 Å². The Morgan fingerprint density at radius 2 is 2.05 bits per heavy atom. The molecule has 0 bridgehead atoms. The van der Waals surface area contributed by atoms with E-state index < -0.39 is 16.6 Å². The molecule has 2 rings (SSSR count). The van der Waals surface area contributed by atoms with E-state index in [0.29, 0.717) is 12.2 Å². The second kappa shape index (κ2) is 6.36. The van der Waals surface area contributed by atoms with E-state index in [4.69, 9.17) is 5.11 Å². The van der Waals surface area contributed by atoms with E-state index in [1.54, 1.807) is 0 Å². The zero-order valence-corrected chi connectivity index (χ0v) is 12.3. The van der Waals surface area contributed by atoms with E-state index in [9.17, 15) is 14.9 Å². The minimum absolute atomic E-state index is 0.334. The van der Waals surface area contributed by atoms with E-state index in [-0.39, 0.29) is 5.56 Å². The summed E-state index contributed by atoms with van der Waals surface area (Å²) < 4.78 is 0.941. The number of hydrogen-bond donors (Lipinski definition) is 2. The predicted octanol–water partition coefficient (Wildman–Crippen LogP) is 3.67. The smallest absolute Gasteiger partial charge is 0.342 e. The van der Waals surface area contributed by atoms with Crippen molar-refractivity contribution in [3.8, 4) is 0 Å². The van der Waals surface area contributed by atoms with Gasteiger partial charge in [0.15, 0.2) is 0 Å². The minimum atomic E-state index is -1.33. The number of anilines is 1. The molecule has 6 nitrogen and oxygen atoms in total. The van der Waals surface area contributed by atoms with Crippen molar-refractivity contribution in [2.75, 3.05) is 5.32 Å². The molecule has 0 saturated heterocycles. The number of nitrogens with zero attached hydrogens (tertiary/aromatic N) is 1. The van der Waals surface area contributed by atoms with Crippen LogP contribution in [0.1, 0.15) is 15.9 Å². The van der Waals surface area contributed by atoms with Crippen molar-refractivity contribution in [3.63, 3.8) is 0 Å². The summed E-state index contributed by atoms with van der Waals surface area (Å²) in [7, 11) is 0. The molecule has 0 aliphatic carbocycles. The zero-order chi connectivity index (χ0) is 15.4. The van der Waals surface area contributed by atoms with Crippen molar-refractivity contribution in [2.24, 2.45) is 0 Å². The maximum Gasteiger partial charge on any atom is 0.342 e. The Kier molecular flexibility index (Phi) is 4.54. The van der Waals surface area contributed by atoms with Crippen LogP contribution in [0, 0.1) is 10.1 Å². The summed E-state index contributed by atoms with van der Waals surface area (Å²) in [5.41, 5.74) is 0.757. The Morgan fingerprint density at radius 3 is 2.67 bits per heavy atom. The van der Waals surface area contributed by atoms with Gasteiger partial charge in [0.25, 0.3) is 5.69 Å². The number of halogens is 1. The highest BCUT2D eigenvalue weighted by molar-refractivity contribution is 9.10. The fourth-order valence-electron chi connectivity index (χ4n) is 1.83. The van der Waals surface area contributed by atoms with Crippen molar-refractivity contribution in [1.82, 2.24) is 0 Å². The Hall–Kier alpha value is -2.41. The Labute approximate surface area is 128 Å². The summed E-state index contributed by atoms with van der Waals surface area (Å²) in [4.78, 5) is 21.1. The molecule has 2 aromatic carbocycles. The lowest BCUT2D eigenvalue weighted by Gasteiger charge is -2.08. The second-order valence-electron chi connectivity index (χ2n) is 4.28. The molecule has 0 heterocycles. The SMILES string of the molecule is O=C(O)c1cc(NCc2cccc(Br)c2)ccc1[N+](=O)[O-]. The lowest BCUT2D eigenvalue weighted by molar-refractivity contribution is -0.385. The first kappa shape index (κ1) is 15.0. The van der Waals surface area contributed by atoms with Crippen LogP contribution in [-0.2, 0) is 6.54 Å². The zero-order valence-electron chi connectivity index (χ0n) is 10.7. The monoisotopic (exact) mass is 350 g/mol. The van der Waals surface area contributed by atoms with Gasteiger partial charge in [0.2, 0.25) is 0 Å². The third kappa shape index (κ3) is 3.79. The average molecular weight is 351 g/mol. The molecule has 0 aliphatic rings. The molecular weight excluding hydrogens is 340 g/mol. The number of aromatic carboxylic acids is 1. The fourth-order valence-corrected chi connectivity index (χ4v) is 2.27. The van der Waals surface area contributed by atoms with Gasteiger partial charge >= 0.3 is 5.97 Å². The van der Waals surface area contributed by atoms with Crippen LogP contribution >= 0.6 is 15.9 Å². The topological polar surface area (TPSA) is 92.5 Å². The average Bonchev–Trinajstić information content (AvgIpc) is 2.44. The van der Waals surface area contributed by atoms with Gasteiger partial charge in [0, 0.05) is 22.8 Å². The van der Waals surface area contributed by atoms with Gasteiger partial charge in [-0.15, -0.1) is 0 Å². The normalized spacial score (nSPS) is 10.1. The molecule has 0 saturated carbocycles. The van der Waals surface area contributed by atoms with Gasteiger partial charge in [-0.1, -0.05) is 28.1 Å². The highest BCUT2D eigenvalue weighted by Crippen LogP contribution is 2.23. The Morgan fingerprint density at radius 1 is 1.29 bits per heavy atom. The highest BCUT2D eigenvalue weighted by atomic mass is 79.9. The minimum Gasteiger partial charge on any atom is -0.477 e. The molecule has 7 heteroatoms. The number of nitro benzene ring substituents is 1. The lowest BCUT2D eigenvalue weighted by Crippen LogP contribution is -2.05. The number of nitrogens with one attached hydrogen (secondary N) is 1. The molecule has 2 aromatic rings. The maximum atomic E-state index is 11.1. The largest absolute Gasteiger partial charge is 0.477 e. The summed E-state index contributed by atoms with van der Waals surface area (Å²) in [6.45, 7) is 0.482. The van der Waals surface area contributed by atoms with E-state index >= 15 is 0 Å². The molecule has 0 fully saturated rings. The lowest BCUT2D eigenvalue weighted by atomic mass is 10.1. The summed E-state index contributed by atoms with van der Waals surface area (Å²) in [6.07, 6.45) is 0. The van der Waals surface area contributed by atoms with Gasteiger partial charge in [-0.3, -0.25) is 10.1 Å². The molecule has 0 aliphatic heterocycles. The van der Waals surface area contributed by atoms with Crippen molar-refractivity contribution < 1.29 is 14.8 Å². The number of carbonyl (C=O) groups is 1. The van der Waals surface area contributed by atoms with E-state index in [2.05, 4.69) is 21.2 Å². The maximum absolute atomic E-state index is 11.1. The summed E-state index contributed by atoms with van der Waals surface area (Å²) in [6, 6.07) is 11.6. The first-order valence-corrected chi connectivity index (χ1v) is 6.76. The quantitative estimate of drug-likeness (QED) is 0.633. The van der Waals surface area contributed by atoms with Crippen LogP contribution in [0.3, 0.4) is 0 Å². The number of benzene rings is 2. The van der Waals surface area contributed by atoms with Crippen molar-refractivity contribution in [3.05, 3.63) is 68.2 Å². The van der Waals surface area contributed by atoms with Crippen molar-refractivity contribution in [2.45, 2.75) is 6.54 Å². The van der Waals surface area contributed by atoms with Crippen LogP contribution in [-0.4, -0.2) is 16.0 Å². The third-order valence-corrected chi connectivity index (χ3v) is 3.30. The first-order valence-electron chi connectivity index (χ1n) is 5.97. The molecule has 2 N–H and O–H groups in total. The standard InChI is InChI=1S/C14H11BrN2O4/c15-10-3-1-2-9(6-10)8-16-11-4-5-13(17(20)21)12(7-11)14(18)19/h1-7,16H,8H2,(H,18,19). The van der Waals surface area contributed by atoms with E-state index in [1.165, 1.54) is 18.2 Å². The number of hydrogen-bond acceptors (Lipinski definition) is 4.